The second kappa shape index (κ2) is 8.47. The summed E-state index contributed by atoms with van der Waals surface area (Å²) in [5, 5.41) is 0. The number of imidazole rings is 1. The molecule has 2 rings (SSSR count). The van der Waals surface area contributed by atoms with E-state index >= 15 is 0 Å². The Labute approximate surface area is 126 Å². The third-order valence-electron chi connectivity index (χ3n) is 3.45. The predicted octanol–water partition coefficient (Wildman–Crippen LogP) is 2.87. The van der Waals surface area contributed by atoms with Crippen LogP contribution < -0.4 is 9.30 Å². The van der Waals surface area contributed by atoms with Crippen molar-refractivity contribution in [3.63, 3.8) is 0 Å². The molecule has 4 nitrogen and oxygen atoms in total. The van der Waals surface area contributed by atoms with Crippen molar-refractivity contribution < 1.29 is 14.0 Å². The second-order valence-corrected chi connectivity index (χ2v) is 5.34. The fourth-order valence-electron chi connectivity index (χ4n) is 1.91. The van der Waals surface area contributed by atoms with Crippen molar-refractivity contribution >= 4 is 0 Å². The van der Waals surface area contributed by atoms with Gasteiger partial charge in [-0.05, 0) is 18.1 Å². The molecule has 0 saturated heterocycles. The smallest absolute Gasteiger partial charge is 0.245 e. The van der Waals surface area contributed by atoms with Crippen LogP contribution >= 0.6 is 0 Å². The van der Waals surface area contributed by atoms with Gasteiger partial charge in [-0.15, -0.1) is 0 Å². The van der Waals surface area contributed by atoms with Crippen LogP contribution in [0.3, 0.4) is 0 Å². The summed E-state index contributed by atoms with van der Waals surface area (Å²) >= 11 is 0. The van der Waals surface area contributed by atoms with Gasteiger partial charge in [-0.1, -0.05) is 38.5 Å². The lowest BCUT2D eigenvalue weighted by Crippen LogP contribution is -2.33. The SMILES string of the molecule is CC[C@H](C)COC[n+]1ccn(CCOc2ccccc2)c1. The molecule has 1 atom stereocenters. The molecule has 2 aromatic rings. The monoisotopic (exact) mass is 289 g/mol. The van der Waals surface area contributed by atoms with Crippen LogP contribution in [0.25, 0.3) is 0 Å². The highest BCUT2D eigenvalue weighted by Gasteiger charge is 2.05. The summed E-state index contributed by atoms with van der Waals surface area (Å²) < 4.78 is 15.5. The van der Waals surface area contributed by atoms with Gasteiger partial charge in [-0.2, -0.15) is 0 Å². The van der Waals surface area contributed by atoms with Crippen molar-refractivity contribution in [3.8, 4) is 5.75 Å². The Bertz CT molecular complexity index is 511. The van der Waals surface area contributed by atoms with E-state index in [1.807, 2.05) is 53.6 Å². The largest absolute Gasteiger partial charge is 0.489 e. The van der Waals surface area contributed by atoms with Gasteiger partial charge in [0.05, 0.1) is 6.61 Å². The lowest BCUT2D eigenvalue weighted by Gasteiger charge is -2.07. The van der Waals surface area contributed by atoms with E-state index in [-0.39, 0.29) is 0 Å². The number of nitrogens with zero attached hydrogens (tertiary/aromatic N) is 2. The van der Waals surface area contributed by atoms with Gasteiger partial charge in [0.15, 0.2) is 6.73 Å². The number of hydrogen-bond acceptors (Lipinski definition) is 2. The molecule has 0 saturated carbocycles. The first-order valence-corrected chi connectivity index (χ1v) is 7.58. The van der Waals surface area contributed by atoms with Crippen molar-refractivity contribution in [3.05, 3.63) is 49.1 Å². The fourth-order valence-corrected chi connectivity index (χ4v) is 1.91. The maximum atomic E-state index is 5.68. The molecular formula is C17H25N2O2+. The molecule has 0 spiro atoms. The second-order valence-electron chi connectivity index (χ2n) is 5.34. The van der Waals surface area contributed by atoms with Crippen molar-refractivity contribution in [2.45, 2.75) is 33.5 Å². The van der Waals surface area contributed by atoms with Gasteiger partial charge >= 0.3 is 0 Å². The molecule has 114 valence electrons. The zero-order valence-corrected chi connectivity index (χ0v) is 12.9. The third-order valence-corrected chi connectivity index (χ3v) is 3.45. The van der Waals surface area contributed by atoms with Crippen molar-refractivity contribution in [2.75, 3.05) is 13.2 Å². The molecule has 0 aliphatic heterocycles. The Kier molecular flexibility index (Phi) is 6.28. The van der Waals surface area contributed by atoms with Crippen molar-refractivity contribution in [1.29, 1.82) is 0 Å². The Hall–Kier alpha value is -1.81. The average Bonchev–Trinajstić information content (AvgIpc) is 2.96. The molecule has 0 bridgehead atoms. The number of rotatable bonds is 9. The molecule has 1 heterocycles. The van der Waals surface area contributed by atoms with Crippen LogP contribution in [0.2, 0.25) is 0 Å². The first kappa shape index (κ1) is 15.6. The molecule has 1 aromatic heterocycles. The highest BCUT2D eigenvalue weighted by Crippen LogP contribution is 2.07. The van der Waals surface area contributed by atoms with E-state index in [0.29, 0.717) is 19.3 Å². The maximum absolute atomic E-state index is 5.68. The lowest BCUT2D eigenvalue weighted by molar-refractivity contribution is -0.732. The van der Waals surface area contributed by atoms with E-state index < -0.39 is 0 Å². The topological polar surface area (TPSA) is 27.3 Å². The first-order chi connectivity index (χ1) is 10.3. The van der Waals surface area contributed by atoms with Crippen LogP contribution in [0.1, 0.15) is 20.3 Å². The molecule has 21 heavy (non-hydrogen) atoms. The third kappa shape index (κ3) is 5.60. The zero-order valence-electron chi connectivity index (χ0n) is 12.9. The first-order valence-electron chi connectivity index (χ1n) is 7.58. The Balaban J connectivity index is 1.68. The normalized spacial score (nSPS) is 12.3. The van der Waals surface area contributed by atoms with Crippen LogP contribution in [0, 0.1) is 5.92 Å². The van der Waals surface area contributed by atoms with Gasteiger partial charge in [-0.3, -0.25) is 0 Å². The Morgan fingerprint density at radius 2 is 2.05 bits per heavy atom. The minimum atomic E-state index is 0.608. The van der Waals surface area contributed by atoms with Crippen LogP contribution in [0.15, 0.2) is 49.1 Å². The number of aromatic nitrogens is 2. The van der Waals surface area contributed by atoms with Crippen LogP contribution in [-0.2, 0) is 18.0 Å². The van der Waals surface area contributed by atoms with E-state index in [9.17, 15) is 0 Å². The summed E-state index contributed by atoms with van der Waals surface area (Å²) in [6.45, 7) is 7.30. The highest BCUT2D eigenvalue weighted by atomic mass is 16.5. The molecule has 0 fully saturated rings. The summed E-state index contributed by atoms with van der Waals surface area (Å²) in [6.07, 6.45) is 7.27. The molecule has 0 aliphatic carbocycles. The molecule has 0 radical (unpaired) electrons. The number of para-hydroxylation sites is 1. The molecule has 0 aliphatic rings. The molecule has 4 heteroatoms. The van der Waals surface area contributed by atoms with Gasteiger partial charge in [0, 0.05) is 0 Å². The van der Waals surface area contributed by atoms with Crippen molar-refractivity contribution in [1.82, 2.24) is 4.57 Å². The highest BCUT2D eigenvalue weighted by molar-refractivity contribution is 5.20. The summed E-state index contributed by atoms with van der Waals surface area (Å²) in [4.78, 5) is 0. The zero-order chi connectivity index (χ0) is 14.9. The van der Waals surface area contributed by atoms with Crippen LogP contribution in [0.5, 0.6) is 5.75 Å². The van der Waals surface area contributed by atoms with Crippen LogP contribution in [-0.4, -0.2) is 17.8 Å². The van der Waals surface area contributed by atoms with Crippen molar-refractivity contribution in [2.24, 2.45) is 5.92 Å². The molecule has 0 unspecified atom stereocenters. The quantitative estimate of drug-likeness (QED) is 0.664. The summed E-state index contributed by atoms with van der Waals surface area (Å²) in [5.74, 6) is 1.53. The number of ether oxygens (including phenoxy) is 2. The molecule has 1 aromatic carbocycles. The standard InChI is InChI=1S/C17H25N2O2/c1-3-16(2)13-20-15-19-10-9-18(14-19)11-12-21-17-7-5-4-6-8-17/h4-10,14,16H,3,11-13,15H2,1-2H3/q+1/t16-/m0/s1. The average molecular weight is 289 g/mol. The molecule has 0 N–H and O–H groups in total. The molecule has 0 amide bonds. The van der Waals surface area contributed by atoms with E-state index in [1.54, 1.807) is 0 Å². The van der Waals surface area contributed by atoms with E-state index in [2.05, 4.69) is 18.4 Å². The molecular weight excluding hydrogens is 264 g/mol. The van der Waals surface area contributed by atoms with E-state index in [1.165, 1.54) is 0 Å². The van der Waals surface area contributed by atoms with Gasteiger partial charge in [0.1, 0.15) is 31.3 Å². The van der Waals surface area contributed by atoms with Gasteiger partial charge < -0.3 is 9.47 Å². The lowest BCUT2D eigenvalue weighted by atomic mass is 10.1. The van der Waals surface area contributed by atoms with E-state index in [4.69, 9.17) is 9.47 Å². The minimum absolute atomic E-state index is 0.608. The summed E-state index contributed by atoms with van der Waals surface area (Å²) in [5.41, 5.74) is 0. The Morgan fingerprint density at radius 3 is 2.81 bits per heavy atom. The van der Waals surface area contributed by atoms with E-state index in [0.717, 1.165) is 25.3 Å². The van der Waals surface area contributed by atoms with Crippen LogP contribution in [0.4, 0.5) is 0 Å². The summed E-state index contributed by atoms with van der Waals surface area (Å²) in [7, 11) is 0. The predicted molar refractivity (Wildman–Crippen MR) is 82.0 cm³/mol. The van der Waals surface area contributed by atoms with Gasteiger partial charge in [0.2, 0.25) is 6.33 Å². The Morgan fingerprint density at radius 1 is 1.24 bits per heavy atom. The maximum Gasteiger partial charge on any atom is 0.245 e. The number of hydrogen-bond donors (Lipinski definition) is 0. The van der Waals surface area contributed by atoms with Gasteiger partial charge in [-0.25, -0.2) is 9.13 Å². The summed E-state index contributed by atoms with van der Waals surface area (Å²) in [6, 6.07) is 9.89. The number of benzene rings is 1. The van der Waals surface area contributed by atoms with Gasteiger partial charge in [0.25, 0.3) is 0 Å². The fraction of sp³-hybridized carbons (Fsp3) is 0.471. The minimum Gasteiger partial charge on any atom is -0.489 e.